The molecule has 2 heteroatoms. The molecule has 0 fully saturated rings. The molecule has 0 bridgehead atoms. The molecule has 0 saturated carbocycles. The Morgan fingerprint density at radius 1 is 0.750 bits per heavy atom. The average molecular weight is 310 g/mol. The molecule has 0 radical (unpaired) electrons. The van der Waals surface area contributed by atoms with Gasteiger partial charge in [-0.05, 0) is 66.3 Å². The predicted octanol–water partition coefficient (Wildman–Crippen LogP) is 5.17. The van der Waals surface area contributed by atoms with Crippen molar-refractivity contribution in [2.75, 3.05) is 0 Å². The summed E-state index contributed by atoms with van der Waals surface area (Å²) in [4.78, 5) is 9.68. The summed E-state index contributed by atoms with van der Waals surface area (Å²) in [5, 5.41) is 3.83. The molecule has 2 heterocycles. The van der Waals surface area contributed by atoms with Crippen LogP contribution in [0.2, 0.25) is 0 Å². The van der Waals surface area contributed by atoms with E-state index in [1.807, 2.05) is 6.20 Å². The molecule has 116 valence electrons. The normalized spacial score (nSPS) is 13.1. The first-order chi connectivity index (χ1) is 11.7. The van der Waals surface area contributed by atoms with E-state index in [0.29, 0.717) is 0 Å². The molecular weight excluding hydrogens is 292 g/mol. The van der Waals surface area contributed by atoms with Crippen LogP contribution in [-0.2, 0) is 12.8 Å². The van der Waals surface area contributed by atoms with E-state index < -0.39 is 0 Å². The summed E-state index contributed by atoms with van der Waals surface area (Å²) < 4.78 is 0. The van der Waals surface area contributed by atoms with Crippen molar-refractivity contribution < 1.29 is 0 Å². The minimum atomic E-state index is 1.04. The molecule has 24 heavy (non-hydrogen) atoms. The molecule has 2 aromatic heterocycles. The molecule has 0 N–H and O–H groups in total. The number of rotatable bonds is 0. The van der Waals surface area contributed by atoms with E-state index >= 15 is 0 Å². The minimum Gasteiger partial charge on any atom is -0.254 e. The molecule has 0 spiro atoms. The summed E-state index contributed by atoms with van der Waals surface area (Å²) in [6.45, 7) is 4.24. The zero-order valence-electron chi connectivity index (χ0n) is 13.9. The Labute approximate surface area is 141 Å². The van der Waals surface area contributed by atoms with E-state index in [0.717, 1.165) is 29.7 Å². The van der Waals surface area contributed by atoms with Crippen molar-refractivity contribution in [1.82, 2.24) is 9.97 Å². The Morgan fingerprint density at radius 3 is 2.46 bits per heavy atom. The van der Waals surface area contributed by atoms with Gasteiger partial charge in [0.15, 0.2) is 0 Å². The number of pyridine rings is 2. The Bertz CT molecular complexity index is 1130. The number of aryl methyl sites for hydroxylation is 4. The molecule has 1 aliphatic rings. The third-order valence-electron chi connectivity index (χ3n) is 5.04. The van der Waals surface area contributed by atoms with Crippen molar-refractivity contribution in [3.8, 4) is 11.4 Å². The molecule has 1 aliphatic carbocycles. The number of aromatic nitrogens is 2. The number of nitrogens with zero attached hydrogens (tertiary/aromatic N) is 2. The van der Waals surface area contributed by atoms with Gasteiger partial charge in [-0.2, -0.15) is 0 Å². The lowest BCUT2D eigenvalue weighted by Crippen LogP contribution is -2.08. The van der Waals surface area contributed by atoms with Crippen LogP contribution in [0.25, 0.3) is 33.1 Å². The van der Waals surface area contributed by atoms with Gasteiger partial charge in [-0.25, -0.2) is 4.98 Å². The van der Waals surface area contributed by atoms with E-state index in [2.05, 4.69) is 61.3 Å². The fourth-order valence-corrected chi connectivity index (χ4v) is 3.84. The molecule has 0 atom stereocenters. The maximum Gasteiger partial charge on any atom is 0.0928 e. The molecule has 2 nitrogen and oxygen atoms in total. The van der Waals surface area contributed by atoms with Crippen LogP contribution in [0.4, 0.5) is 0 Å². The molecule has 0 amide bonds. The summed E-state index contributed by atoms with van der Waals surface area (Å²) in [5.74, 6) is 0. The highest BCUT2D eigenvalue weighted by Gasteiger charge is 2.20. The van der Waals surface area contributed by atoms with Crippen LogP contribution in [0, 0.1) is 13.8 Å². The molecule has 0 saturated heterocycles. The van der Waals surface area contributed by atoms with Crippen molar-refractivity contribution in [1.29, 1.82) is 0 Å². The smallest absolute Gasteiger partial charge is 0.0928 e. The second-order valence-corrected chi connectivity index (χ2v) is 6.87. The first-order valence-corrected chi connectivity index (χ1v) is 8.48. The third kappa shape index (κ3) is 1.96. The van der Waals surface area contributed by atoms with E-state index in [1.54, 1.807) is 0 Å². The van der Waals surface area contributed by atoms with Gasteiger partial charge in [-0.15, -0.1) is 0 Å². The first-order valence-electron chi connectivity index (χ1n) is 8.48. The number of hydrogen-bond donors (Lipinski definition) is 0. The van der Waals surface area contributed by atoms with Crippen LogP contribution in [0.3, 0.4) is 0 Å². The molecular formula is C22H18N2. The van der Waals surface area contributed by atoms with Crippen LogP contribution >= 0.6 is 0 Å². The monoisotopic (exact) mass is 310 g/mol. The van der Waals surface area contributed by atoms with Crippen molar-refractivity contribution >= 4 is 21.7 Å². The average Bonchev–Trinajstić information content (AvgIpc) is 2.59. The zero-order chi connectivity index (χ0) is 16.3. The number of hydrogen-bond acceptors (Lipinski definition) is 2. The Hall–Kier alpha value is -2.74. The van der Waals surface area contributed by atoms with Gasteiger partial charge in [-0.1, -0.05) is 35.9 Å². The summed E-state index contributed by atoms with van der Waals surface area (Å²) in [7, 11) is 0. The standard InChI is InChI=1S/C22H18N2/c1-13-3-7-18-15(9-13)6-8-20-19(18)11-17-5-4-16-10-14(2)12-23-21(16)22(17)24-20/h3,6-12H,4-5H2,1-2H3. The minimum absolute atomic E-state index is 1.04. The predicted molar refractivity (Wildman–Crippen MR) is 99.4 cm³/mol. The summed E-state index contributed by atoms with van der Waals surface area (Å²) >= 11 is 0. The first kappa shape index (κ1) is 13.7. The van der Waals surface area contributed by atoms with Gasteiger partial charge in [0.2, 0.25) is 0 Å². The molecule has 5 rings (SSSR count). The van der Waals surface area contributed by atoms with Gasteiger partial charge in [0.05, 0.1) is 16.9 Å². The second-order valence-electron chi connectivity index (χ2n) is 6.87. The maximum absolute atomic E-state index is 5.00. The SMILES string of the molecule is Cc1cnc2c(c1)CCc1cc3c(ccc4cc(C)ccc43)nc1-2. The van der Waals surface area contributed by atoms with E-state index in [-0.39, 0.29) is 0 Å². The van der Waals surface area contributed by atoms with Crippen molar-refractivity contribution in [2.45, 2.75) is 26.7 Å². The van der Waals surface area contributed by atoms with Crippen molar-refractivity contribution in [2.24, 2.45) is 0 Å². The van der Waals surface area contributed by atoms with Gasteiger partial charge < -0.3 is 0 Å². The van der Waals surface area contributed by atoms with Crippen LogP contribution in [0.5, 0.6) is 0 Å². The van der Waals surface area contributed by atoms with E-state index in [4.69, 9.17) is 4.98 Å². The molecule has 0 aliphatic heterocycles. The highest BCUT2D eigenvalue weighted by Crippen LogP contribution is 2.35. The van der Waals surface area contributed by atoms with Crippen LogP contribution in [0.1, 0.15) is 22.3 Å². The van der Waals surface area contributed by atoms with E-state index in [9.17, 15) is 0 Å². The lowest BCUT2D eigenvalue weighted by molar-refractivity contribution is 0.914. The topological polar surface area (TPSA) is 25.8 Å². The maximum atomic E-state index is 5.00. The van der Waals surface area contributed by atoms with Gasteiger partial charge in [0.25, 0.3) is 0 Å². The fraction of sp³-hybridized carbons (Fsp3) is 0.182. The summed E-state index contributed by atoms with van der Waals surface area (Å²) in [5.41, 5.74) is 8.34. The van der Waals surface area contributed by atoms with Gasteiger partial charge in [0, 0.05) is 11.6 Å². The molecule has 4 aromatic rings. The zero-order valence-corrected chi connectivity index (χ0v) is 13.9. The highest BCUT2D eigenvalue weighted by atomic mass is 14.8. The van der Waals surface area contributed by atoms with Crippen molar-refractivity contribution in [3.63, 3.8) is 0 Å². The lowest BCUT2D eigenvalue weighted by atomic mass is 9.90. The third-order valence-corrected chi connectivity index (χ3v) is 5.04. The Balaban J connectivity index is 1.82. The Morgan fingerprint density at radius 2 is 1.58 bits per heavy atom. The van der Waals surface area contributed by atoms with Crippen LogP contribution < -0.4 is 0 Å². The summed E-state index contributed by atoms with van der Waals surface area (Å²) in [6.07, 6.45) is 4.04. The second kappa shape index (κ2) is 4.88. The van der Waals surface area contributed by atoms with Crippen LogP contribution in [-0.4, -0.2) is 9.97 Å². The molecule has 2 aromatic carbocycles. The quantitative estimate of drug-likeness (QED) is 0.419. The van der Waals surface area contributed by atoms with Crippen LogP contribution in [0.15, 0.2) is 48.7 Å². The largest absolute Gasteiger partial charge is 0.254 e. The molecule has 0 unspecified atom stereocenters. The van der Waals surface area contributed by atoms with E-state index in [1.165, 1.54) is 38.4 Å². The Kier molecular flexibility index (Phi) is 2.78. The van der Waals surface area contributed by atoms with Gasteiger partial charge in [0.1, 0.15) is 0 Å². The van der Waals surface area contributed by atoms with Crippen molar-refractivity contribution in [3.05, 3.63) is 70.9 Å². The number of fused-ring (bicyclic) bond motifs is 6. The number of benzene rings is 2. The highest BCUT2D eigenvalue weighted by molar-refractivity contribution is 6.07. The lowest BCUT2D eigenvalue weighted by Gasteiger charge is -2.19. The summed E-state index contributed by atoms with van der Waals surface area (Å²) in [6, 6.07) is 15.5. The fourth-order valence-electron chi connectivity index (χ4n) is 3.84. The van der Waals surface area contributed by atoms with Gasteiger partial charge in [-0.3, -0.25) is 4.98 Å². The van der Waals surface area contributed by atoms with Gasteiger partial charge >= 0.3 is 0 Å².